The standard InChI is InChI=1S/C18H21BrN2O/c1-13(16-11-7-8-12-17(16)19)20-14(2)18(22)21(3)15-9-5-4-6-10-15/h4-14,20H,1-3H3/p+1/t13-,14+/m0/s1. The van der Waals surface area contributed by atoms with E-state index in [0.29, 0.717) is 0 Å². The van der Waals surface area contributed by atoms with Crippen molar-refractivity contribution < 1.29 is 10.1 Å². The van der Waals surface area contributed by atoms with Crippen LogP contribution in [0.2, 0.25) is 0 Å². The van der Waals surface area contributed by atoms with Crippen molar-refractivity contribution in [2.75, 3.05) is 11.9 Å². The van der Waals surface area contributed by atoms with Crippen LogP contribution in [0.1, 0.15) is 25.5 Å². The largest absolute Gasteiger partial charge is 0.330 e. The van der Waals surface area contributed by atoms with Gasteiger partial charge >= 0.3 is 0 Å². The molecule has 0 saturated heterocycles. The monoisotopic (exact) mass is 361 g/mol. The first-order valence-electron chi connectivity index (χ1n) is 7.42. The smallest absolute Gasteiger partial charge is 0.284 e. The van der Waals surface area contributed by atoms with Gasteiger partial charge < -0.3 is 10.2 Å². The minimum absolute atomic E-state index is 0.102. The first-order valence-corrected chi connectivity index (χ1v) is 8.22. The fraction of sp³-hybridized carbons (Fsp3) is 0.278. The van der Waals surface area contributed by atoms with E-state index in [1.54, 1.807) is 4.90 Å². The van der Waals surface area contributed by atoms with Gasteiger partial charge in [0.1, 0.15) is 6.04 Å². The molecule has 2 aromatic rings. The van der Waals surface area contributed by atoms with Crippen molar-refractivity contribution in [1.82, 2.24) is 0 Å². The van der Waals surface area contributed by atoms with Crippen molar-refractivity contribution in [3.8, 4) is 0 Å². The van der Waals surface area contributed by atoms with Crippen molar-refractivity contribution in [3.63, 3.8) is 0 Å². The van der Waals surface area contributed by atoms with Gasteiger partial charge in [0.2, 0.25) is 0 Å². The molecule has 0 spiro atoms. The molecular weight excluding hydrogens is 340 g/mol. The molecule has 2 N–H and O–H groups in total. The van der Waals surface area contributed by atoms with Crippen LogP contribution in [0.5, 0.6) is 0 Å². The molecule has 4 heteroatoms. The molecule has 0 aliphatic heterocycles. The Morgan fingerprint density at radius 3 is 2.27 bits per heavy atom. The number of carbonyl (C=O) groups excluding carboxylic acids is 1. The highest BCUT2D eigenvalue weighted by molar-refractivity contribution is 9.10. The lowest BCUT2D eigenvalue weighted by Crippen LogP contribution is -2.92. The molecule has 0 aliphatic rings. The fourth-order valence-corrected chi connectivity index (χ4v) is 3.19. The van der Waals surface area contributed by atoms with Gasteiger partial charge in [0.15, 0.2) is 6.04 Å². The maximum absolute atomic E-state index is 12.6. The van der Waals surface area contributed by atoms with Gasteiger partial charge in [0.25, 0.3) is 5.91 Å². The van der Waals surface area contributed by atoms with Gasteiger partial charge in [-0.05, 0) is 32.0 Å². The fourth-order valence-electron chi connectivity index (χ4n) is 2.55. The van der Waals surface area contributed by atoms with Gasteiger partial charge in [-0.25, -0.2) is 0 Å². The summed E-state index contributed by atoms with van der Waals surface area (Å²) in [5.74, 6) is 0.102. The van der Waals surface area contributed by atoms with Gasteiger partial charge in [-0.3, -0.25) is 4.79 Å². The number of para-hydroxylation sites is 1. The zero-order valence-electron chi connectivity index (χ0n) is 13.2. The first kappa shape index (κ1) is 16.7. The molecular formula is C18H22BrN2O+. The second kappa shape index (κ2) is 7.56. The molecule has 0 heterocycles. The summed E-state index contributed by atoms with van der Waals surface area (Å²) in [6.45, 7) is 4.07. The lowest BCUT2D eigenvalue weighted by molar-refractivity contribution is -0.710. The van der Waals surface area contributed by atoms with Crippen molar-refractivity contribution in [1.29, 1.82) is 0 Å². The molecule has 2 atom stereocenters. The highest BCUT2D eigenvalue weighted by Crippen LogP contribution is 2.20. The number of nitrogens with zero attached hydrogens (tertiary/aromatic N) is 1. The Kier molecular flexibility index (Phi) is 5.75. The number of rotatable bonds is 5. The number of likely N-dealkylation sites (N-methyl/N-ethyl adjacent to an activating group) is 1. The molecule has 116 valence electrons. The number of hydrogen-bond acceptors (Lipinski definition) is 1. The number of hydrogen-bond donors (Lipinski definition) is 1. The van der Waals surface area contributed by atoms with E-state index in [4.69, 9.17) is 0 Å². The highest BCUT2D eigenvalue weighted by Gasteiger charge is 2.24. The summed E-state index contributed by atoms with van der Waals surface area (Å²) in [7, 11) is 1.82. The van der Waals surface area contributed by atoms with Crippen LogP contribution in [0.4, 0.5) is 5.69 Å². The van der Waals surface area contributed by atoms with E-state index in [2.05, 4.69) is 34.2 Å². The van der Waals surface area contributed by atoms with E-state index in [9.17, 15) is 4.79 Å². The molecule has 1 amide bonds. The Bertz CT molecular complexity index is 630. The Morgan fingerprint density at radius 1 is 1.05 bits per heavy atom. The summed E-state index contributed by atoms with van der Waals surface area (Å²) in [5.41, 5.74) is 2.12. The summed E-state index contributed by atoms with van der Waals surface area (Å²) in [4.78, 5) is 14.3. The Balaban J connectivity index is 2.04. The molecule has 0 fully saturated rings. The second-order valence-corrected chi connectivity index (χ2v) is 6.38. The van der Waals surface area contributed by atoms with Crippen LogP contribution >= 0.6 is 15.9 Å². The highest BCUT2D eigenvalue weighted by atomic mass is 79.9. The lowest BCUT2D eigenvalue weighted by atomic mass is 10.1. The van der Waals surface area contributed by atoms with Crippen LogP contribution in [-0.2, 0) is 4.79 Å². The lowest BCUT2D eigenvalue weighted by Gasteiger charge is -2.23. The van der Waals surface area contributed by atoms with E-state index in [-0.39, 0.29) is 18.0 Å². The van der Waals surface area contributed by atoms with Gasteiger partial charge in [0.05, 0.1) is 0 Å². The quantitative estimate of drug-likeness (QED) is 0.872. The topological polar surface area (TPSA) is 36.9 Å². The van der Waals surface area contributed by atoms with Gasteiger partial charge in [-0.1, -0.05) is 52.3 Å². The zero-order chi connectivity index (χ0) is 16.1. The van der Waals surface area contributed by atoms with Crippen molar-refractivity contribution in [2.45, 2.75) is 25.9 Å². The molecule has 3 nitrogen and oxygen atoms in total. The average Bonchev–Trinajstić information content (AvgIpc) is 2.54. The average molecular weight is 362 g/mol. The summed E-state index contributed by atoms with van der Waals surface area (Å²) >= 11 is 3.57. The Labute approximate surface area is 140 Å². The minimum atomic E-state index is -0.146. The Hall–Kier alpha value is -1.65. The van der Waals surface area contributed by atoms with Crippen molar-refractivity contribution >= 4 is 27.5 Å². The maximum atomic E-state index is 12.6. The van der Waals surface area contributed by atoms with E-state index >= 15 is 0 Å². The molecule has 22 heavy (non-hydrogen) atoms. The predicted molar refractivity (Wildman–Crippen MR) is 93.8 cm³/mol. The molecule has 0 saturated carbocycles. The summed E-state index contributed by atoms with van der Waals surface area (Å²) < 4.78 is 1.08. The van der Waals surface area contributed by atoms with Crippen LogP contribution in [0.3, 0.4) is 0 Å². The number of carbonyl (C=O) groups is 1. The van der Waals surface area contributed by atoms with E-state index in [0.717, 1.165) is 10.2 Å². The molecule has 0 aromatic heterocycles. The maximum Gasteiger partial charge on any atom is 0.284 e. The van der Waals surface area contributed by atoms with Crippen LogP contribution < -0.4 is 10.2 Å². The molecule has 0 bridgehead atoms. The summed E-state index contributed by atoms with van der Waals surface area (Å²) in [6, 6.07) is 17.9. The van der Waals surface area contributed by atoms with Crippen LogP contribution in [0.25, 0.3) is 0 Å². The molecule has 0 aliphatic carbocycles. The van der Waals surface area contributed by atoms with E-state index < -0.39 is 0 Å². The summed E-state index contributed by atoms with van der Waals surface area (Å²) in [6.07, 6.45) is 0. The third-order valence-corrected chi connectivity index (χ3v) is 4.56. The van der Waals surface area contributed by atoms with Crippen molar-refractivity contribution in [3.05, 3.63) is 64.6 Å². The third-order valence-electron chi connectivity index (χ3n) is 3.84. The second-order valence-electron chi connectivity index (χ2n) is 5.52. The number of anilines is 1. The first-order chi connectivity index (χ1) is 10.5. The molecule has 0 unspecified atom stereocenters. The summed E-state index contributed by atoms with van der Waals surface area (Å²) in [5, 5.41) is 2.10. The van der Waals surface area contributed by atoms with Crippen LogP contribution in [0, 0.1) is 0 Å². The van der Waals surface area contributed by atoms with Crippen molar-refractivity contribution in [2.24, 2.45) is 0 Å². The zero-order valence-corrected chi connectivity index (χ0v) is 14.7. The normalized spacial score (nSPS) is 13.5. The van der Waals surface area contributed by atoms with Gasteiger partial charge in [-0.2, -0.15) is 0 Å². The van der Waals surface area contributed by atoms with Crippen LogP contribution in [-0.4, -0.2) is 19.0 Å². The number of benzene rings is 2. The predicted octanol–water partition coefficient (Wildman–Crippen LogP) is 3.13. The molecule has 2 rings (SSSR count). The van der Waals surface area contributed by atoms with Gasteiger partial charge in [0, 0.05) is 22.8 Å². The SMILES string of the molecule is C[C@H]([NH2+][C@H](C)C(=O)N(C)c1ccccc1)c1ccccc1Br. The minimum Gasteiger partial charge on any atom is -0.330 e. The van der Waals surface area contributed by atoms with E-state index in [1.165, 1.54) is 5.56 Å². The Morgan fingerprint density at radius 2 is 1.64 bits per heavy atom. The van der Waals surface area contributed by atoms with E-state index in [1.807, 2.05) is 62.5 Å². The number of amides is 1. The molecule has 0 radical (unpaired) electrons. The number of nitrogens with two attached hydrogens (primary N) is 1. The molecule has 2 aromatic carbocycles. The van der Waals surface area contributed by atoms with Gasteiger partial charge in [-0.15, -0.1) is 0 Å². The number of quaternary nitrogens is 1. The van der Waals surface area contributed by atoms with Crippen LogP contribution in [0.15, 0.2) is 59.1 Å². The number of halogens is 1. The third kappa shape index (κ3) is 3.96.